The second kappa shape index (κ2) is 13.8. The van der Waals surface area contributed by atoms with E-state index in [0.717, 1.165) is 4.57 Å². The quantitative estimate of drug-likeness (QED) is 0.164. The minimum absolute atomic E-state index is 0.0698. The Morgan fingerprint density at radius 3 is 1.58 bits per heavy atom. The second-order valence-electron chi connectivity index (χ2n) is 12.0. The Hall–Kier alpha value is -7.43. The Morgan fingerprint density at radius 2 is 0.909 bits per heavy atom. The van der Waals surface area contributed by atoms with Crippen molar-refractivity contribution in [2.45, 2.75) is 0 Å². The lowest BCUT2D eigenvalue weighted by molar-refractivity contribution is 1.06. The highest BCUT2D eigenvalue weighted by atomic mass is 15.1. The molecule has 0 aliphatic rings. The lowest BCUT2D eigenvalue weighted by atomic mass is 9.94. The van der Waals surface area contributed by atoms with E-state index in [0.29, 0.717) is 11.1 Å². The molecule has 0 fully saturated rings. The van der Waals surface area contributed by atoms with Crippen LogP contribution in [0.3, 0.4) is 0 Å². The zero-order valence-corrected chi connectivity index (χ0v) is 28.3. The summed E-state index contributed by atoms with van der Waals surface area (Å²) in [6.45, 7) is 0. The third-order valence-electron chi connectivity index (χ3n) is 8.76. The van der Waals surface area contributed by atoms with Gasteiger partial charge in [-0.2, -0.15) is 0 Å². The first-order chi connectivity index (χ1) is 36.0. The molecule has 0 N–H and O–H groups in total. The predicted octanol–water partition coefficient (Wildman–Crippen LogP) is 13.0. The van der Waals surface area contributed by atoms with Gasteiger partial charge in [0.2, 0.25) is 0 Å². The lowest BCUT2D eigenvalue weighted by Crippen LogP contribution is -2.05. The molecule has 2 aromatic heterocycles. The molecule has 258 valence electrons. The smallest absolute Gasteiger partial charge is 0.166 e. The molecule has 0 amide bonds. The zero-order valence-electron chi connectivity index (χ0n) is 49.3. The maximum Gasteiger partial charge on any atom is 0.166 e. The number of fused-ring (bicyclic) bond motifs is 3. The summed E-state index contributed by atoms with van der Waals surface area (Å²) in [5.41, 5.74) is -3.31. The van der Waals surface area contributed by atoms with E-state index in [-0.39, 0.29) is 45.2 Å². The first kappa shape index (κ1) is 17.1. The van der Waals surface area contributed by atoms with Gasteiger partial charge in [0.25, 0.3) is 0 Å². The molecule has 10 aromatic rings. The van der Waals surface area contributed by atoms with Crippen molar-refractivity contribution in [3.8, 4) is 73.2 Å². The van der Waals surface area contributed by atoms with E-state index in [4.69, 9.17) is 34.1 Å². The molecule has 0 spiro atoms. The van der Waals surface area contributed by atoms with Gasteiger partial charge in [-0.15, -0.1) is 0 Å². The summed E-state index contributed by atoms with van der Waals surface area (Å²) in [4.78, 5) is 14.7. The number of para-hydroxylation sites is 1. The van der Waals surface area contributed by atoms with Crippen molar-refractivity contribution in [1.29, 1.82) is 0 Å². The first-order valence-corrected chi connectivity index (χ1v) is 16.8. The van der Waals surface area contributed by atoms with Crippen LogP contribution in [0, 0.1) is 0 Å². The van der Waals surface area contributed by atoms with Crippen LogP contribution in [0.2, 0.25) is 0 Å². The first-order valence-electron chi connectivity index (χ1n) is 27.3. The molecule has 0 unspecified atom stereocenters. The van der Waals surface area contributed by atoms with Gasteiger partial charge in [-0.05, 0) is 63.6 Å². The van der Waals surface area contributed by atoms with Crippen LogP contribution in [0.1, 0.15) is 28.8 Å². The van der Waals surface area contributed by atoms with Gasteiger partial charge in [-0.1, -0.05) is 176 Å². The Labute approximate surface area is 349 Å². The van der Waals surface area contributed by atoms with E-state index in [9.17, 15) is 9.60 Å². The van der Waals surface area contributed by atoms with Crippen LogP contribution in [0.25, 0.3) is 95.0 Å². The molecule has 0 radical (unpaired) electrons. The molecule has 0 bridgehead atoms. The summed E-state index contributed by atoms with van der Waals surface area (Å²) in [7, 11) is 0. The molecule has 0 aliphatic carbocycles. The monoisotopic (exact) mass is 723 g/mol. The van der Waals surface area contributed by atoms with E-state index in [2.05, 4.69) is 0 Å². The summed E-state index contributed by atoms with van der Waals surface area (Å²) in [5, 5.41) is -0.780. The Balaban J connectivity index is 1.45. The predicted molar refractivity (Wildman–Crippen MR) is 227 cm³/mol. The van der Waals surface area contributed by atoms with Gasteiger partial charge < -0.3 is 4.57 Å². The Morgan fingerprint density at radius 1 is 0.364 bits per heavy atom. The minimum atomic E-state index is -0.832. The standard InChI is InChI=1S/C51H34N4/c1-5-17-35(18-6-1)39-25-15-26-41(33-39)42-28-16-30-47(48(42)51-53-49(37-21-9-3-10-22-37)52-50(54-51)38-23-11-4-12-24-38)55-45-29-14-13-27-43(45)44-34-40(31-32-46(44)55)36-19-7-2-8-20-36/h1-34H/i1D,2D,5D,6D,7D,8D,13D,14D,15D,17D,18D,19D,20D,25D,26D,27D,29D,31D,32D,33D,34D. The van der Waals surface area contributed by atoms with Gasteiger partial charge in [-0.3, -0.25) is 0 Å². The molecule has 4 heteroatoms. The summed E-state index contributed by atoms with van der Waals surface area (Å²) in [6.07, 6.45) is 0. The Kier molecular flexibility index (Phi) is 4.32. The lowest BCUT2D eigenvalue weighted by Gasteiger charge is -2.19. The second-order valence-corrected chi connectivity index (χ2v) is 12.0. The van der Waals surface area contributed by atoms with Crippen LogP contribution in [-0.2, 0) is 0 Å². The van der Waals surface area contributed by atoms with Crippen molar-refractivity contribution in [1.82, 2.24) is 19.5 Å². The fraction of sp³-hybridized carbons (Fsp3) is 0. The molecular formula is C51H34N4. The van der Waals surface area contributed by atoms with Crippen molar-refractivity contribution in [3.05, 3.63) is 206 Å². The third kappa shape index (κ3) is 5.96. The summed E-state index contributed by atoms with van der Waals surface area (Å²) >= 11 is 0. The number of aromatic nitrogens is 4. The summed E-state index contributed by atoms with van der Waals surface area (Å²) < 4.78 is 190. The molecule has 55 heavy (non-hydrogen) atoms. The molecule has 0 aliphatic heterocycles. The van der Waals surface area contributed by atoms with Crippen LogP contribution in [0.5, 0.6) is 0 Å². The van der Waals surface area contributed by atoms with Crippen LogP contribution >= 0.6 is 0 Å². The Bertz CT molecular complexity index is 4070. The fourth-order valence-electron chi connectivity index (χ4n) is 6.32. The van der Waals surface area contributed by atoms with Crippen molar-refractivity contribution in [2.24, 2.45) is 0 Å². The van der Waals surface area contributed by atoms with E-state index < -0.39 is 166 Å². The van der Waals surface area contributed by atoms with E-state index in [1.54, 1.807) is 60.7 Å². The van der Waals surface area contributed by atoms with E-state index in [1.165, 1.54) is 18.2 Å². The van der Waals surface area contributed by atoms with Crippen LogP contribution < -0.4 is 0 Å². The number of benzene rings is 8. The number of rotatable bonds is 7. The maximum absolute atomic E-state index is 9.83. The number of nitrogens with zero attached hydrogens (tertiary/aromatic N) is 4. The molecule has 0 saturated heterocycles. The van der Waals surface area contributed by atoms with Crippen molar-refractivity contribution in [2.75, 3.05) is 0 Å². The van der Waals surface area contributed by atoms with Gasteiger partial charge in [0.15, 0.2) is 17.5 Å². The van der Waals surface area contributed by atoms with Gasteiger partial charge in [-0.25, -0.2) is 15.0 Å². The summed E-state index contributed by atoms with van der Waals surface area (Å²) in [6, 6.07) is 5.05. The molecule has 0 saturated carbocycles. The van der Waals surface area contributed by atoms with Gasteiger partial charge >= 0.3 is 0 Å². The molecule has 4 nitrogen and oxygen atoms in total. The summed E-state index contributed by atoms with van der Waals surface area (Å²) in [5.74, 6) is -0.112. The van der Waals surface area contributed by atoms with Crippen LogP contribution in [0.4, 0.5) is 0 Å². The zero-order chi connectivity index (χ0) is 54.8. The maximum atomic E-state index is 9.83. The SMILES string of the molecule is [2H]c1c([2H])c([2H])c(-c2c([2H])c([2H])c([2H])c(-c3cccc(-n4c5c([2H])c([2H])c([2H])c([2H])c5c5c([2H])c(-c6c([2H])c([2H])c([2H])c([2H])c6[2H])c([2H])c([2H])c54)c3-c3nc(-c4ccccc4)nc(-c4ccccc4)n3)c2[2H])c([2H])c1[2H]. The minimum Gasteiger partial charge on any atom is -0.308 e. The van der Waals surface area contributed by atoms with Gasteiger partial charge in [0.05, 0.1) is 51.1 Å². The molecule has 0 atom stereocenters. The normalized spacial score (nSPS) is 16.6. The van der Waals surface area contributed by atoms with Crippen LogP contribution in [0.15, 0.2) is 206 Å². The number of hydrogen-bond acceptors (Lipinski definition) is 3. The van der Waals surface area contributed by atoms with E-state index >= 15 is 0 Å². The molecular weight excluding hydrogens is 669 g/mol. The average Bonchev–Trinajstić information content (AvgIpc) is 4.04. The van der Waals surface area contributed by atoms with Crippen LogP contribution in [-0.4, -0.2) is 19.5 Å². The van der Waals surface area contributed by atoms with Gasteiger partial charge in [0.1, 0.15) is 0 Å². The third-order valence-corrected chi connectivity index (χ3v) is 8.76. The van der Waals surface area contributed by atoms with Crippen molar-refractivity contribution in [3.63, 3.8) is 0 Å². The average molecular weight is 724 g/mol. The number of hydrogen-bond donors (Lipinski definition) is 0. The largest absolute Gasteiger partial charge is 0.308 e. The highest BCUT2D eigenvalue weighted by Gasteiger charge is 2.23. The van der Waals surface area contributed by atoms with E-state index in [1.807, 2.05) is 0 Å². The highest BCUT2D eigenvalue weighted by molar-refractivity contribution is 6.11. The molecule has 8 aromatic carbocycles. The van der Waals surface area contributed by atoms with Crippen molar-refractivity contribution < 1.29 is 28.8 Å². The topological polar surface area (TPSA) is 43.6 Å². The molecule has 2 heterocycles. The van der Waals surface area contributed by atoms with Gasteiger partial charge in [0, 0.05) is 21.9 Å². The highest BCUT2D eigenvalue weighted by Crippen LogP contribution is 2.42. The van der Waals surface area contributed by atoms with Crippen molar-refractivity contribution >= 4 is 21.8 Å². The molecule has 10 rings (SSSR count). The fourth-order valence-corrected chi connectivity index (χ4v) is 6.32.